The number of nitrogens with zero attached hydrogens (tertiary/aromatic N) is 2. The fourth-order valence-electron chi connectivity index (χ4n) is 2.20. The van der Waals surface area contributed by atoms with Crippen LogP contribution in [0.1, 0.15) is 5.56 Å². The summed E-state index contributed by atoms with van der Waals surface area (Å²) in [5, 5.41) is 13.6. The molecule has 0 aliphatic rings. The lowest BCUT2D eigenvalue weighted by molar-refractivity contribution is 0.332. The molecule has 1 heterocycles. The van der Waals surface area contributed by atoms with Gasteiger partial charge in [0.2, 0.25) is 0 Å². The second kappa shape index (κ2) is 6.22. The summed E-state index contributed by atoms with van der Waals surface area (Å²) < 4.78 is 5.71. The second-order valence-corrected chi connectivity index (χ2v) is 4.87. The van der Waals surface area contributed by atoms with E-state index in [0.29, 0.717) is 13.2 Å². The number of anilines is 1. The molecule has 0 spiro atoms. The maximum absolute atomic E-state index is 5.71. The third kappa shape index (κ3) is 3.28. The molecule has 106 valence electrons. The second-order valence-electron chi connectivity index (χ2n) is 4.87. The number of aryl methyl sites for hydroxylation is 1. The predicted molar refractivity (Wildman–Crippen MR) is 84.7 cm³/mol. The first-order valence-corrected chi connectivity index (χ1v) is 6.97. The third-order valence-corrected chi connectivity index (χ3v) is 3.22. The number of ether oxygens (including phenoxy) is 1. The predicted octanol–water partition coefficient (Wildman–Crippen LogP) is 3.43. The lowest BCUT2D eigenvalue weighted by Crippen LogP contribution is -2.13. The van der Waals surface area contributed by atoms with Crippen molar-refractivity contribution in [2.45, 2.75) is 6.92 Å². The molecule has 0 bridgehead atoms. The molecule has 21 heavy (non-hydrogen) atoms. The van der Waals surface area contributed by atoms with Gasteiger partial charge in [0.25, 0.3) is 0 Å². The highest BCUT2D eigenvalue weighted by Crippen LogP contribution is 2.19. The average molecular weight is 279 g/mol. The summed E-state index contributed by atoms with van der Waals surface area (Å²) in [6.45, 7) is 3.31. The molecule has 0 unspecified atom stereocenters. The molecule has 0 radical (unpaired) electrons. The van der Waals surface area contributed by atoms with Crippen LogP contribution in [0.15, 0.2) is 54.7 Å². The minimum atomic E-state index is 0.578. The number of fused-ring (bicyclic) bond motifs is 1. The summed E-state index contributed by atoms with van der Waals surface area (Å²) in [5.74, 6) is 1.68. The Hall–Kier alpha value is -2.62. The normalized spacial score (nSPS) is 10.5. The molecular weight excluding hydrogens is 262 g/mol. The zero-order valence-electron chi connectivity index (χ0n) is 11.9. The summed E-state index contributed by atoms with van der Waals surface area (Å²) in [5.41, 5.74) is 1.19. The number of benzene rings is 2. The van der Waals surface area contributed by atoms with Crippen LogP contribution in [0.4, 0.5) is 5.82 Å². The van der Waals surface area contributed by atoms with E-state index in [0.717, 1.165) is 22.3 Å². The lowest BCUT2D eigenvalue weighted by atomic mass is 10.2. The summed E-state index contributed by atoms with van der Waals surface area (Å²) in [6, 6.07) is 16.1. The molecule has 4 heteroatoms. The maximum Gasteiger partial charge on any atom is 0.156 e. The molecule has 3 rings (SSSR count). The smallest absolute Gasteiger partial charge is 0.156 e. The first kappa shape index (κ1) is 13.4. The van der Waals surface area contributed by atoms with E-state index in [1.807, 2.05) is 42.5 Å². The van der Waals surface area contributed by atoms with Crippen molar-refractivity contribution in [2.24, 2.45) is 0 Å². The van der Waals surface area contributed by atoms with Gasteiger partial charge in [-0.3, -0.25) is 0 Å². The van der Waals surface area contributed by atoms with Gasteiger partial charge < -0.3 is 10.1 Å². The standard InChI is InChI=1S/C17H17N3O/c1-13-5-4-7-15(11-13)21-10-9-18-17-16-8-3-2-6-14(16)12-19-20-17/h2-8,11-12H,9-10H2,1H3,(H,18,20). The monoisotopic (exact) mass is 279 g/mol. The Morgan fingerprint density at radius 1 is 1.10 bits per heavy atom. The SMILES string of the molecule is Cc1cccc(OCCNc2nncc3ccccc23)c1. The van der Waals surface area contributed by atoms with E-state index in [1.165, 1.54) is 5.56 Å². The van der Waals surface area contributed by atoms with Crippen LogP contribution in [0, 0.1) is 6.92 Å². The van der Waals surface area contributed by atoms with Crippen LogP contribution in [-0.2, 0) is 0 Å². The average Bonchev–Trinajstić information content (AvgIpc) is 2.52. The molecule has 4 nitrogen and oxygen atoms in total. The number of hydrogen-bond acceptors (Lipinski definition) is 4. The molecular formula is C17H17N3O. The van der Waals surface area contributed by atoms with Crippen molar-refractivity contribution in [3.05, 3.63) is 60.3 Å². The van der Waals surface area contributed by atoms with Crippen LogP contribution < -0.4 is 10.1 Å². The van der Waals surface area contributed by atoms with E-state index < -0.39 is 0 Å². The van der Waals surface area contributed by atoms with Crippen LogP contribution >= 0.6 is 0 Å². The van der Waals surface area contributed by atoms with Crippen molar-refractivity contribution in [2.75, 3.05) is 18.5 Å². The van der Waals surface area contributed by atoms with Crippen molar-refractivity contribution in [1.29, 1.82) is 0 Å². The van der Waals surface area contributed by atoms with E-state index >= 15 is 0 Å². The van der Waals surface area contributed by atoms with Gasteiger partial charge in [0.1, 0.15) is 12.4 Å². The fourth-order valence-corrected chi connectivity index (χ4v) is 2.20. The van der Waals surface area contributed by atoms with Gasteiger partial charge in [0, 0.05) is 10.8 Å². The van der Waals surface area contributed by atoms with Crippen molar-refractivity contribution < 1.29 is 4.74 Å². The van der Waals surface area contributed by atoms with Crippen LogP contribution in [-0.4, -0.2) is 23.3 Å². The van der Waals surface area contributed by atoms with Gasteiger partial charge in [0.15, 0.2) is 5.82 Å². The Morgan fingerprint density at radius 3 is 2.90 bits per heavy atom. The first-order chi connectivity index (χ1) is 10.3. The molecule has 0 amide bonds. The van der Waals surface area contributed by atoms with Crippen molar-refractivity contribution >= 4 is 16.6 Å². The van der Waals surface area contributed by atoms with E-state index in [-0.39, 0.29) is 0 Å². The molecule has 0 saturated carbocycles. The molecule has 1 aromatic heterocycles. The lowest BCUT2D eigenvalue weighted by Gasteiger charge is -2.09. The van der Waals surface area contributed by atoms with Gasteiger partial charge in [-0.1, -0.05) is 36.4 Å². The molecule has 3 aromatic rings. The van der Waals surface area contributed by atoms with Gasteiger partial charge in [-0.25, -0.2) is 0 Å². The van der Waals surface area contributed by atoms with E-state index in [4.69, 9.17) is 4.74 Å². The number of rotatable bonds is 5. The zero-order chi connectivity index (χ0) is 14.5. The minimum Gasteiger partial charge on any atom is -0.492 e. The summed E-state index contributed by atoms with van der Waals surface area (Å²) in [6.07, 6.45) is 1.77. The first-order valence-electron chi connectivity index (χ1n) is 6.97. The van der Waals surface area contributed by atoms with Crippen molar-refractivity contribution in [1.82, 2.24) is 10.2 Å². The van der Waals surface area contributed by atoms with Crippen LogP contribution in [0.2, 0.25) is 0 Å². The quantitative estimate of drug-likeness (QED) is 0.727. The summed E-state index contributed by atoms with van der Waals surface area (Å²) >= 11 is 0. The van der Waals surface area contributed by atoms with Crippen molar-refractivity contribution in [3.8, 4) is 5.75 Å². The van der Waals surface area contributed by atoms with Crippen LogP contribution in [0.25, 0.3) is 10.8 Å². The number of aromatic nitrogens is 2. The highest BCUT2D eigenvalue weighted by atomic mass is 16.5. The minimum absolute atomic E-state index is 0.578. The zero-order valence-corrected chi connectivity index (χ0v) is 11.9. The Bertz CT molecular complexity index is 737. The molecule has 0 atom stereocenters. The topological polar surface area (TPSA) is 47.0 Å². The Morgan fingerprint density at radius 2 is 2.00 bits per heavy atom. The van der Waals surface area contributed by atoms with Gasteiger partial charge in [-0.2, -0.15) is 5.10 Å². The molecule has 1 N–H and O–H groups in total. The molecule has 2 aromatic carbocycles. The van der Waals surface area contributed by atoms with E-state index in [1.54, 1.807) is 6.20 Å². The highest BCUT2D eigenvalue weighted by molar-refractivity contribution is 5.90. The van der Waals surface area contributed by atoms with E-state index in [9.17, 15) is 0 Å². The highest BCUT2D eigenvalue weighted by Gasteiger charge is 2.02. The van der Waals surface area contributed by atoms with Crippen LogP contribution in [0.3, 0.4) is 0 Å². The fraction of sp³-hybridized carbons (Fsp3) is 0.176. The Labute approximate surface area is 123 Å². The number of hydrogen-bond donors (Lipinski definition) is 1. The Balaban J connectivity index is 1.60. The maximum atomic E-state index is 5.71. The van der Waals surface area contributed by atoms with Gasteiger partial charge >= 0.3 is 0 Å². The number of nitrogens with one attached hydrogen (secondary N) is 1. The van der Waals surface area contributed by atoms with Crippen LogP contribution in [0.5, 0.6) is 5.75 Å². The summed E-state index contributed by atoms with van der Waals surface area (Å²) in [4.78, 5) is 0. The molecule has 0 saturated heterocycles. The van der Waals surface area contributed by atoms with Gasteiger partial charge in [-0.15, -0.1) is 5.10 Å². The van der Waals surface area contributed by atoms with Gasteiger partial charge in [-0.05, 0) is 24.6 Å². The molecule has 0 aliphatic carbocycles. The summed E-state index contributed by atoms with van der Waals surface area (Å²) in [7, 11) is 0. The van der Waals surface area contributed by atoms with E-state index in [2.05, 4.69) is 28.5 Å². The molecule has 0 fully saturated rings. The molecule has 0 aliphatic heterocycles. The van der Waals surface area contributed by atoms with Gasteiger partial charge in [0.05, 0.1) is 12.7 Å². The Kier molecular flexibility index (Phi) is 3.96. The van der Waals surface area contributed by atoms with Crippen molar-refractivity contribution in [3.63, 3.8) is 0 Å². The third-order valence-electron chi connectivity index (χ3n) is 3.22. The largest absolute Gasteiger partial charge is 0.492 e.